The summed E-state index contributed by atoms with van der Waals surface area (Å²) >= 11 is 0. The summed E-state index contributed by atoms with van der Waals surface area (Å²) in [5, 5.41) is 6.40. The van der Waals surface area contributed by atoms with Crippen LogP contribution >= 0.6 is 0 Å². The molecule has 2 aromatic rings. The second-order valence-electron chi connectivity index (χ2n) is 4.63. The highest BCUT2D eigenvalue weighted by Crippen LogP contribution is 2.11. The van der Waals surface area contributed by atoms with E-state index in [1.807, 2.05) is 0 Å². The van der Waals surface area contributed by atoms with Crippen molar-refractivity contribution >= 4 is 11.9 Å². The van der Waals surface area contributed by atoms with E-state index in [4.69, 9.17) is 14.0 Å². The molecule has 0 aliphatic rings. The Morgan fingerprint density at radius 3 is 2.65 bits per heavy atom. The van der Waals surface area contributed by atoms with Crippen LogP contribution in [0.3, 0.4) is 0 Å². The molecule has 0 saturated heterocycles. The lowest BCUT2D eigenvalue weighted by molar-refractivity contribution is 0.0514. The maximum Gasteiger partial charge on any atom is 0.360 e. The summed E-state index contributed by atoms with van der Waals surface area (Å²) in [6.07, 6.45) is 0.425. The van der Waals surface area contributed by atoms with Crippen molar-refractivity contribution in [1.29, 1.82) is 0 Å². The van der Waals surface area contributed by atoms with Gasteiger partial charge in [0, 0.05) is 24.6 Å². The number of hydrogen-bond donors (Lipinski definition) is 1. The van der Waals surface area contributed by atoms with Crippen molar-refractivity contribution in [2.24, 2.45) is 0 Å². The van der Waals surface area contributed by atoms with Crippen LogP contribution in [0.25, 0.3) is 0 Å². The minimum absolute atomic E-state index is 0.128. The maximum atomic E-state index is 12.0. The molecule has 0 bridgehead atoms. The molecule has 1 heterocycles. The smallest absolute Gasteiger partial charge is 0.360 e. The zero-order valence-electron chi connectivity index (χ0n) is 13.0. The topological polar surface area (TPSA) is 90.7 Å². The summed E-state index contributed by atoms with van der Waals surface area (Å²) in [6.45, 7) is 2.36. The average Bonchev–Trinajstić information content (AvgIpc) is 3.04. The van der Waals surface area contributed by atoms with E-state index in [1.54, 1.807) is 38.3 Å². The van der Waals surface area contributed by atoms with Gasteiger partial charge in [0.05, 0.1) is 13.7 Å². The summed E-state index contributed by atoms with van der Waals surface area (Å²) in [6, 6.07) is 8.31. The Labute approximate surface area is 133 Å². The van der Waals surface area contributed by atoms with E-state index >= 15 is 0 Å². The van der Waals surface area contributed by atoms with Crippen LogP contribution < -0.4 is 10.1 Å². The summed E-state index contributed by atoms with van der Waals surface area (Å²) in [5.41, 5.74) is 0.666. The van der Waals surface area contributed by atoms with Crippen molar-refractivity contribution in [2.45, 2.75) is 13.3 Å². The highest BCUT2D eigenvalue weighted by Gasteiger charge is 2.13. The molecule has 1 aromatic heterocycles. The van der Waals surface area contributed by atoms with Gasteiger partial charge < -0.3 is 19.3 Å². The first kappa shape index (κ1) is 16.5. The number of rotatable bonds is 7. The second kappa shape index (κ2) is 7.98. The van der Waals surface area contributed by atoms with Gasteiger partial charge in [0.15, 0.2) is 5.69 Å². The summed E-state index contributed by atoms with van der Waals surface area (Å²) in [4.78, 5) is 23.4. The van der Waals surface area contributed by atoms with Crippen molar-refractivity contribution < 1.29 is 23.6 Å². The van der Waals surface area contributed by atoms with Gasteiger partial charge in [-0.25, -0.2) is 4.79 Å². The van der Waals surface area contributed by atoms with Gasteiger partial charge in [-0.1, -0.05) is 5.16 Å². The lowest BCUT2D eigenvalue weighted by atomic mass is 10.2. The van der Waals surface area contributed by atoms with Crippen molar-refractivity contribution in [3.63, 3.8) is 0 Å². The molecule has 7 heteroatoms. The van der Waals surface area contributed by atoms with E-state index in [0.717, 1.165) is 0 Å². The van der Waals surface area contributed by atoms with E-state index in [0.29, 0.717) is 30.0 Å². The van der Waals surface area contributed by atoms with E-state index < -0.39 is 5.97 Å². The van der Waals surface area contributed by atoms with Gasteiger partial charge in [-0.15, -0.1) is 0 Å². The van der Waals surface area contributed by atoms with E-state index in [-0.39, 0.29) is 18.2 Å². The second-order valence-corrected chi connectivity index (χ2v) is 4.63. The van der Waals surface area contributed by atoms with Crippen LogP contribution in [0.5, 0.6) is 5.75 Å². The quantitative estimate of drug-likeness (QED) is 0.783. The highest BCUT2D eigenvalue weighted by molar-refractivity contribution is 5.94. The zero-order chi connectivity index (χ0) is 16.7. The third-order valence-corrected chi connectivity index (χ3v) is 3.05. The lowest BCUT2D eigenvalue weighted by Crippen LogP contribution is -2.25. The number of ether oxygens (including phenoxy) is 2. The Hall–Kier alpha value is -2.83. The molecule has 122 valence electrons. The van der Waals surface area contributed by atoms with Gasteiger partial charge in [-0.3, -0.25) is 4.79 Å². The van der Waals surface area contributed by atoms with Gasteiger partial charge in [-0.2, -0.15) is 0 Å². The predicted molar refractivity (Wildman–Crippen MR) is 81.5 cm³/mol. The Morgan fingerprint density at radius 2 is 2.00 bits per heavy atom. The van der Waals surface area contributed by atoms with Crippen LogP contribution in [0.1, 0.15) is 33.5 Å². The van der Waals surface area contributed by atoms with Crippen LogP contribution in [-0.2, 0) is 11.2 Å². The normalized spacial score (nSPS) is 10.2. The predicted octanol–water partition coefficient (Wildman–Crippen LogP) is 1.83. The van der Waals surface area contributed by atoms with Crippen molar-refractivity contribution in [1.82, 2.24) is 10.5 Å². The molecule has 0 atom stereocenters. The molecule has 2 rings (SSSR count). The Kier molecular flexibility index (Phi) is 5.74. The molecule has 1 aromatic carbocycles. The number of amides is 1. The number of hydrogen-bond acceptors (Lipinski definition) is 6. The van der Waals surface area contributed by atoms with Crippen molar-refractivity contribution in [2.75, 3.05) is 20.3 Å². The van der Waals surface area contributed by atoms with E-state index in [2.05, 4.69) is 10.5 Å². The van der Waals surface area contributed by atoms with E-state index in [1.165, 1.54) is 6.07 Å². The molecule has 0 unspecified atom stereocenters. The number of esters is 1. The molecule has 0 fully saturated rings. The van der Waals surface area contributed by atoms with Gasteiger partial charge >= 0.3 is 5.97 Å². The van der Waals surface area contributed by atoms with Crippen LogP contribution in [0.2, 0.25) is 0 Å². The first-order valence-electron chi connectivity index (χ1n) is 7.19. The van der Waals surface area contributed by atoms with Crippen LogP contribution in [0.4, 0.5) is 0 Å². The van der Waals surface area contributed by atoms with Gasteiger partial charge in [-0.05, 0) is 31.2 Å². The van der Waals surface area contributed by atoms with Crippen LogP contribution in [-0.4, -0.2) is 37.3 Å². The molecule has 23 heavy (non-hydrogen) atoms. The zero-order valence-corrected chi connectivity index (χ0v) is 13.0. The maximum absolute atomic E-state index is 12.0. The average molecular weight is 318 g/mol. The van der Waals surface area contributed by atoms with Crippen molar-refractivity contribution in [3.05, 3.63) is 47.3 Å². The molecule has 0 aliphatic carbocycles. The molecule has 0 saturated carbocycles. The SMILES string of the molecule is CCOC(=O)c1cc(CCNC(=O)c2ccc(OC)cc2)on1. The number of aromatic nitrogens is 1. The van der Waals surface area contributed by atoms with Crippen LogP contribution in [0.15, 0.2) is 34.9 Å². The fourth-order valence-electron chi connectivity index (χ4n) is 1.88. The molecule has 1 amide bonds. The highest BCUT2D eigenvalue weighted by atomic mass is 16.5. The number of carbonyl (C=O) groups excluding carboxylic acids is 2. The van der Waals surface area contributed by atoms with Gasteiger partial charge in [0.2, 0.25) is 0 Å². The number of carbonyl (C=O) groups is 2. The summed E-state index contributed by atoms with van der Waals surface area (Å²) < 4.78 is 14.9. The third-order valence-electron chi connectivity index (χ3n) is 3.05. The minimum Gasteiger partial charge on any atom is -0.497 e. The lowest BCUT2D eigenvalue weighted by Gasteiger charge is -2.04. The standard InChI is InChI=1S/C16H18N2O5/c1-3-22-16(20)14-10-13(23-18-14)8-9-17-15(19)11-4-6-12(21-2)7-5-11/h4-7,10H,3,8-9H2,1-2H3,(H,17,19). The molecule has 0 radical (unpaired) electrons. The van der Waals surface area contributed by atoms with Gasteiger partial charge in [0.25, 0.3) is 5.91 Å². The Bertz CT molecular complexity index is 663. The molecular formula is C16H18N2O5. The number of nitrogens with zero attached hydrogens (tertiary/aromatic N) is 1. The molecule has 0 spiro atoms. The Morgan fingerprint density at radius 1 is 1.26 bits per heavy atom. The first-order chi connectivity index (χ1) is 11.1. The monoisotopic (exact) mass is 318 g/mol. The molecule has 1 N–H and O–H groups in total. The molecule has 7 nitrogen and oxygen atoms in total. The van der Waals surface area contributed by atoms with Gasteiger partial charge in [0.1, 0.15) is 11.5 Å². The summed E-state index contributed by atoms with van der Waals surface area (Å²) in [5.74, 6) is 0.473. The number of nitrogens with one attached hydrogen (secondary N) is 1. The minimum atomic E-state index is -0.523. The molecular weight excluding hydrogens is 300 g/mol. The Balaban J connectivity index is 1.82. The third kappa shape index (κ3) is 4.57. The fraction of sp³-hybridized carbons (Fsp3) is 0.312. The molecule has 0 aliphatic heterocycles. The largest absolute Gasteiger partial charge is 0.497 e. The number of methoxy groups -OCH3 is 1. The summed E-state index contributed by atoms with van der Waals surface area (Å²) in [7, 11) is 1.57. The van der Waals surface area contributed by atoms with Crippen molar-refractivity contribution in [3.8, 4) is 5.75 Å². The van der Waals surface area contributed by atoms with Crippen LogP contribution in [0, 0.1) is 0 Å². The first-order valence-corrected chi connectivity index (χ1v) is 7.19. The fourth-order valence-corrected chi connectivity index (χ4v) is 1.88. The van der Waals surface area contributed by atoms with E-state index in [9.17, 15) is 9.59 Å². The number of benzene rings is 1.